The van der Waals surface area contributed by atoms with Gasteiger partial charge in [0.15, 0.2) is 0 Å². The highest BCUT2D eigenvalue weighted by Crippen LogP contribution is 2.26. The third kappa shape index (κ3) is 2.13. The summed E-state index contributed by atoms with van der Waals surface area (Å²) in [5.41, 5.74) is 2.41. The lowest BCUT2D eigenvalue weighted by Crippen LogP contribution is -1.85. The van der Waals surface area contributed by atoms with Gasteiger partial charge in [0.05, 0.1) is 6.20 Å². The van der Waals surface area contributed by atoms with Gasteiger partial charge >= 0.3 is 0 Å². The van der Waals surface area contributed by atoms with Gasteiger partial charge in [0.1, 0.15) is 5.75 Å². The molecule has 1 aromatic heterocycles. The molecular weight excluding hydrogens is 174 g/mol. The fraction of sp³-hybridized carbons (Fsp3) is 0.417. The summed E-state index contributed by atoms with van der Waals surface area (Å²) in [5.74, 6) is 0.257. The molecule has 1 N–H and O–H groups in total. The van der Waals surface area contributed by atoms with Crippen LogP contribution in [-0.2, 0) is 0 Å². The highest BCUT2D eigenvalue weighted by molar-refractivity contribution is 5.65. The van der Waals surface area contributed by atoms with Crippen molar-refractivity contribution in [2.75, 3.05) is 0 Å². The number of hydrogen-bond donors (Lipinski definition) is 1. The SMILES string of the molecule is Oc1cncc(C2=CCCCCC2)c1. The van der Waals surface area contributed by atoms with E-state index in [4.69, 9.17) is 0 Å². The Hall–Kier alpha value is -1.31. The van der Waals surface area contributed by atoms with Crippen LogP contribution in [0.15, 0.2) is 24.5 Å². The Morgan fingerprint density at radius 1 is 1.14 bits per heavy atom. The molecule has 14 heavy (non-hydrogen) atoms. The van der Waals surface area contributed by atoms with Gasteiger partial charge in [-0.25, -0.2) is 0 Å². The van der Waals surface area contributed by atoms with E-state index >= 15 is 0 Å². The van der Waals surface area contributed by atoms with Gasteiger partial charge in [-0.15, -0.1) is 0 Å². The van der Waals surface area contributed by atoms with Crippen LogP contribution in [0.25, 0.3) is 5.57 Å². The molecule has 0 unspecified atom stereocenters. The van der Waals surface area contributed by atoms with Crippen LogP contribution in [0.2, 0.25) is 0 Å². The summed E-state index contributed by atoms with van der Waals surface area (Å²) in [6, 6.07) is 1.80. The van der Waals surface area contributed by atoms with Crippen LogP contribution in [0, 0.1) is 0 Å². The second-order valence-electron chi connectivity index (χ2n) is 3.76. The smallest absolute Gasteiger partial charge is 0.134 e. The molecule has 0 aromatic carbocycles. The van der Waals surface area contributed by atoms with Crippen molar-refractivity contribution in [2.45, 2.75) is 32.1 Å². The van der Waals surface area contributed by atoms with Crippen LogP contribution < -0.4 is 0 Å². The molecule has 1 heterocycles. The van der Waals surface area contributed by atoms with E-state index in [9.17, 15) is 5.11 Å². The van der Waals surface area contributed by atoms with Gasteiger partial charge < -0.3 is 5.11 Å². The number of aromatic hydroxyl groups is 1. The Kier molecular flexibility index (Phi) is 2.82. The molecule has 1 aliphatic carbocycles. The number of aromatic nitrogens is 1. The quantitative estimate of drug-likeness (QED) is 0.736. The summed E-state index contributed by atoms with van der Waals surface area (Å²) in [6.07, 6.45) is 11.7. The first-order valence-corrected chi connectivity index (χ1v) is 5.20. The molecule has 0 radical (unpaired) electrons. The van der Waals surface area contributed by atoms with Gasteiger partial charge in [-0.05, 0) is 42.9 Å². The van der Waals surface area contributed by atoms with Crippen molar-refractivity contribution in [3.8, 4) is 5.75 Å². The minimum atomic E-state index is 0.257. The maximum Gasteiger partial charge on any atom is 0.134 e. The van der Waals surface area contributed by atoms with Crippen molar-refractivity contribution in [1.82, 2.24) is 4.98 Å². The van der Waals surface area contributed by atoms with E-state index in [1.807, 2.05) is 6.20 Å². The van der Waals surface area contributed by atoms with Crippen molar-refractivity contribution in [2.24, 2.45) is 0 Å². The first-order valence-electron chi connectivity index (χ1n) is 5.20. The molecule has 0 amide bonds. The fourth-order valence-electron chi connectivity index (χ4n) is 1.88. The first-order chi connectivity index (χ1) is 6.86. The molecule has 0 atom stereocenters. The van der Waals surface area contributed by atoms with Gasteiger partial charge in [-0.3, -0.25) is 4.98 Å². The predicted octanol–water partition coefficient (Wildman–Crippen LogP) is 3.13. The summed E-state index contributed by atoms with van der Waals surface area (Å²) >= 11 is 0. The van der Waals surface area contributed by atoms with Crippen LogP contribution in [-0.4, -0.2) is 10.1 Å². The van der Waals surface area contributed by atoms with Crippen LogP contribution in [0.4, 0.5) is 0 Å². The van der Waals surface area contributed by atoms with Crippen molar-refractivity contribution in [3.05, 3.63) is 30.1 Å². The Morgan fingerprint density at radius 2 is 2.07 bits per heavy atom. The zero-order valence-electron chi connectivity index (χ0n) is 8.24. The van der Waals surface area contributed by atoms with E-state index < -0.39 is 0 Å². The number of allylic oxidation sites excluding steroid dienone is 2. The summed E-state index contributed by atoms with van der Waals surface area (Å²) in [7, 11) is 0. The Morgan fingerprint density at radius 3 is 2.93 bits per heavy atom. The van der Waals surface area contributed by atoms with E-state index in [0.29, 0.717) is 0 Å². The van der Waals surface area contributed by atoms with Crippen molar-refractivity contribution >= 4 is 5.57 Å². The van der Waals surface area contributed by atoms with E-state index in [1.165, 1.54) is 31.0 Å². The zero-order valence-corrected chi connectivity index (χ0v) is 8.24. The normalized spacial score (nSPS) is 17.3. The highest BCUT2D eigenvalue weighted by atomic mass is 16.3. The van der Waals surface area contributed by atoms with Gasteiger partial charge in [-0.1, -0.05) is 12.5 Å². The zero-order chi connectivity index (χ0) is 9.80. The topological polar surface area (TPSA) is 33.1 Å². The average molecular weight is 189 g/mol. The molecule has 0 saturated heterocycles. The fourth-order valence-corrected chi connectivity index (χ4v) is 1.88. The minimum absolute atomic E-state index is 0.257. The molecule has 0 fully saturated rings. The summed E-state index contributed by atoms with van der Waals surface area (Å²) < 4.78 is 0. The predicted molar refractivity (Wildman–Crippen MR) is 57.0 cm³/mol. The van der Waals surface area contributed by atoms with Crippen molar-refractivity contribution in [1.29, 1.82) is 0 Å². The summed E-state index contributed by atoms with van der Waals surface area (Å²) in [6.45, 7) is 0. The van der Waals surface area contributed by atoms with Crippen LogP contribution in [0.1, 0.15) is 37.7 Å². The van der Waals surface area contributed by atoms with Crippen molar-refractivity contribution < 1.29 is 5.11 Å². The van der Waals surface area contributed by atoms with Crippen LogP contribution in [0.5, 0.6) is 5.75 Å². The maximum atomic E-state index is 9.32. The average Bonchev–Trinajstić information content (AvgIpc) is 2.45. The lowest BCUT2D eigenvalue weighted by molar-refractivity contribution is 0.472. The highest BCUT2D eigenvalue weighted by Gasteiger charge is 2.05. The van der Waals surface area contributed by atoms with Gasteiger partial charge in [0.25, 0.3) is 0 Å². The van der Waals surface area contributed by atoms with Gasteiger partial charge in [0, 0.05) is 6.20 Å². The Bertz CT molecular complexity index is 344. The molecule has 0 aliphatic heterocycles. The van der Waals surface area contributed by atoms with E-state index in [0.717, 1.165) is 18.4 Å². The molecule has 74 valence electrons. The summed E-state index contributed by atoms with van der Waals surface area (Å²) in [4.78, 5) is 4.00. The molecule has 1 aliphatic rings. The summed E-state index contributed by atoms with van der Waals surface area (Å²) in [5, 5.41) is 9.32. The number of rotatable bonds is 1. The molecule has 0 spiro atoms. The lowest BCUT2D eigenvalue weighted by atomic mass is 10.0. The van der Waals surface area contributed by atoms with Crippen molar-refractivity contribution in [3.63, 3.8) is 0 Å². The second kappa shape index (κ2) is 4.27. The number of pyridine rings is 1. The van der Waals surface area contributed by atoms with Crippen LogP contribution in [0.3, 0.4) is 0 Å². The Balaban J connectivity index is 2.24. The lowest BCUT2D eigenvalue weighted by Gasteiger charge is -2.04. The van der Waals surface area contributed by atoms with Crippen LogP contribution >= 0.6 is 0 Å². The molecule has 2 heteroatoms. The van der Waals surface area contributed by atoms with Gasteiger partial charge in [-0.2, -0.15) is 0 Å². The standard InChI is InChI=1S/C12H15NO/c14-12-7-11(8-13-9-12)10-5-3-1-2-4-6-10/h5,7-9,14H,1-4,6H2. The van der Waals surface area contributed by atoms with E-state index in [1.54, 1.807) is 6.07 Å². The third-order valence-corrected chi connectivity index (χ3v) is 2.64. The Labute approximate surface area is 84.3 Å². The van der Waals surface area contributed by atoms with Gasteiger partial charge in [0.2, 0.25) is 0 Å². The third-order valence-electron chi connectivity index (χ3n) is 2.64. The molecule has 1 aromatic rings. The van der Waals surface area contributed by atoms with E-state index in [-0.39, 0.29) is 5.75 Å². The minimum Gasteiger partial charge on any atom is -0.506 e. The molecule has 0 saturated carbocycles. The largest absolute Gasteiger partial charge is 0.506 e. The monoisotopic (exact) mass is 189 g/mol. The maximum absolute atomic E-state index is 9.32. The molecule has 0 bridgehead atoms. The first kappa shape index (κ1) is 9.25. The molecular formula is C12H15NO. The number of nitrogens with zero attached hydrogens (tertiary/aromatic N) is 1. The second-order valence-corrected chi connectivity index (χ2v) is 3.76. The number of hydrogen-bond acceptors (Lipinski definition) is 2. The van der Waals surface area contributed by atoms with E-state index in [2.05, 4.69) is 11.1 Å². The molecule has 2 nitrogen and oxygen atoms in total. The molecule has 2 rings (SSSR count).